The average Bonchev–Trinajstić information content (AvgIpc) is 3.09. The van der Waals surface area contributed by atoms with E-state index in [9.17, 15) is 9.59 Å². The van der Waals surface area contributed by atoms with Crippen molar-refractivity contribution in [2.75, 3.05) is 19.7 Å². The second-order valence-corrected chi connectivity index (χ2v) is 7.61. The highest BCUT2D eigenvalue weighted by molar-refractivity contribution is 6.99. The largest absolute Gasteiger partial charge is 0.475 e. The molecule has 150 valence electrons. The maximum atomic E-state index is 12.2. The van der Waals surface area contributed by atoms with E-state index in [-0.39, 0.29) is 5.92 Å². The Morgan fingerprint density at radius 3 is 2.61 bits per heavy atom. The molecule has 0 amide bonds. The zero-order valence-electron chi connectivity index (χ0n) is 15.7. The Hall–Kier alpha value is -2.26. The summed E-state index contributed by atoms with van der Waals surface area (Å²) >= 11 is 1.05. The van der Waals surface area contributed by atoms with Crippen LogP contribution in [0.4, 0.5) is 0 Å². The average molecular weight is 405 g/mol. The highest BCUT2D eigenvalue weighted by Crippen LogP contribution is 2.52. The molecular formula is C19H23N3O5S. The van der Waals surface area contributed by atoms with Crippen LogP contribution in [0.25, 0.3) is 0 Å². The molecule has 1 atom stereocenters. The molecule has 8 nitrogen and oxygen atoms in total. The molecule has 1 unspecified atom stereocenters. The highest BCUT2D eigenvalue weighted by atomic mass is 32.1. The summed E-state index contributed by atoms with van der Waals surface area (Å²) < 4.78 is 26.1. The zero-order chi connectivity index (χ0) is 19.6. The van der Waals surface area contributed by atoms with Gasteiger partial charge in [-0.25, -0.2) is 14.5 Å². The van der Waals surface area contributed by atoms with Crippen molar-refractivity contribution in [1.29, 1.82) is 0 Å². The van der Waals surface area contributed by atoms with Crippen LogP contribution in [0.2, 0.25) is 0 Å². The number of nitrogens with zero attached hydrogens (tertiary/aromatic N) is 3. The highest BCUT2D eigenvalue weighted by Gasteiger charge is 2.62. The van der Waals surface area contributed by atoms with Gasteiger partial charge in [-0.2, -0.15) is 4.37 Å². The first kappa shape index (κ1) is 19.1. The van der Waals surface area contributed by atoms with E-state index >= 15 is 0 Å². The molecule has 1 spiro atoms. The maximum Gasteiger partial charge on any atom is 0.335 e. The molecule has 3 saturated heterocycles. The molecule has 0 saturated carbocycles. The monoisotopic (exact) mass is 405 g/mol. The van der Waals surface area contributed by atoms with Gasteiger partial charge in [-0.05, 0) is 31.6 Å². The maximum absolute atomic E-state index is 12.2. The van der Waals surface area contributed by atoms with Crippen LogP contribution in [0.15, 0.2) is 24.3 Å². The van der Waals surface area contributed by atoms with Gasteiger partial charge >= 0.3 is 17.8 Å². The number of carbonyl (C=O) groups excluding carboxylic acids is 2. The number of piperidine rings is 3. The fourth-order valence-corrected chi connectivity index (χ4v) is 4.73. The van der Waals surface area contributed by atoms with E-state index in [4.69, 9.17) is 14.2 Å². The lowest BCUT2D eigenvalue weighted by Gasteiger charge is -2.54. The summed E-state index contributed by atoms with van der Waals surface area (Å²) in [5.41, 5.74) is 0.598. The van der Waals surface area contributed by atoms with E-state index in [1.165, 1.54) is 0 Å². The minimum Gasteiger partial charge on any atom is -0.475 e. The summed E-state index contributed by atoms with van der Waals surface area (Å²) in [5, 5.41) is 0. The van der Waals surface area contributed by atoms with Gasteiger partial charge in [0.1, 0.15) is 11.6 Å². The third-order valence-electron chi connectivity index (χ3n) is 5.40. The Balaban J connectivity index is 1.64. The van der Waals surface area contributed by atoms with Crippen molar-refractivity contribution >= 4 is 23.7 Å². The van der Waals surface area contributed by atoms with Crippen molar-refractivity contribution in [3.05, 3.63) is 30.0 Å². The molecule has 1 aromatic heterocycles. The number of rotatable bonds is 6. The summed E-state index contributed by atoms with van der Waals surface area (Å²) in [6.45, 7) is 3.94. The summed E-state index contributed by atoms with van der Waals surface area (Å²) in [5.74, 6) is -2.53. The molecule has 1 aromatic rings. The van der Waals surface area contributed by atoms with Gasteiger partial charge in [0.05, 0.1) is 18.3 Å². The molecular weight excluding hydrogens is 382 g/mol. The predicted octanol–water partition coefficient (Wildman–Crippen LogP) is 2.39. The van der Waals surface area contributed by atoms with Gasteiger partial charge in [-0.3, -0.25) is 0 Å². The summed E-state index contributed by atoms with van der Waals surface area (Å²) in [4.78, 5) is 26.3. The topological polar surface area (TPSA) is 90.9 Å². The van der Waals surface area contributed by atoms with Crippen molar-refractivity contribution in [2.24, 2.45) is 5.92 Å². The van der Waals surface area contributed by atoms with Crippen molar-refractivity contribution in [3.63, 3.8) is 0 Å². The number of esters is 2. The zero-order valence-corrected chi connectivity index (χ0v) is 16.5. The Kier molecular flexibility index (Phi) is 5.45. The Morgan fingerprint density at radius 2 is 1.93 bits per heavy atom. The lowest BCUT2D eigenvalue weighted by molar-refractivity contribution is -0.324. The fourth-order valence-electron chi connectivity index (χ4n) is 4.19. The van der Waals surface area contributed by atoms with Gasteiger partial charge in [0.25, 0.3) is 0 Å². The molecule has 3 fully saturated rings. The van der Waals surface area contributed by atoms with Crippen LogP contribution in [-0.2, 0) is 19.1 Å². The number of aromatic nitrogens is 2. The van der Waals surface area contributed by atoms with Gasteiger partial charge in [-0.1, -0.05) is 19.1 Å². The van der Waals surface area contributed by atoms with E-state index in [2.05, 4.69) is 27.8 Å². The SMILES string of the molecule is CC/C=C/CCOc1nsnc1C1C2CCN(CC2)C12OC(=O)C=CC(=O)O2. The minimum absolute atomic E-state index is 0.162. The number of allylic oxidation sites excluding steroid dienone is 1. The first-order valence-electron chi connectivity index (χ1n) is 9.63. The standard InChI is InChI=1S/C19H23N3O5S/c1-2-3-4-5-12-25-18-17(20-28-21-18)16-13-8-10-22(11-9-13)19(16)26-14(23)6-7-15(24)27-19/h3-4,6-7,13,16H,2,5,8-12H2,1H3/b4-3+. The van der Waals surface area contributed by atoms with Gasteiger partial charge < -0.3 is 14.2 Å². The first-order valence-corrected chi connectivity index (χ1v) is 10.4. The molecule has 4 aliphatic heterocycles. The minimum atomic E-state index is -1.49. The molecule has 9 heteroatoms. The summed E-state index contributed by atoms with van der Waals surface area (Å²) in [7, 11) is 0. The smallest absolute Gasteiger partial charge is 0.335 e. The van der Waals surface area contributed by atoms with Gasteiger partial charge in [-0.15, -0.1) is 4.37 Å². The number of hydrogen-bond donors (Lipinski definition) is 0. The Bertz CT molecular complexity index is 777. The normalized spacial score (nSPS) is 28.4. The van der Waals surface area contributed by atoms with E-state index in [0.29, 0.717) is 31.3 Å². The van der Waals surface area contributed by atoms with E-state index in [1.807, 2.05) is 4.90 Å². The van der Waals surface area contributed by atoms with Crippen LogP contribution in [0.3, 0.4) is 0 Å². The molecule has 0 radical (unpaired) electrons. The molecule has 0 aromatic carbocycles. The van der Waals surface area contributed by atoms with Crippen LogP contribution in [0, 0.1) is 5.92 Å². The van der Waals surface area contributed by atoms with Gasteiger partial charge in [0.15, 0.2) is 0 Å². The Labute approximate surface area is 167 Å². The van der Waals surface area contributed by atoms with E-state index in [0.717, 1.165) is 49.6 Å². The molecule has 5 rings (SSSR count). The van der Waals surface area contributed by atoms with Crippen LogP contribution in [-0.4, -0.2) is 51.2 Å². The second-order valence-electron chi connectivity index (χ2n) is 7.08. The van der Waals surface area contributed by atoms with Crippen molar-refractivity contribution in [2.45, 2.75) is 44.4 Å². The lowest BCUT2D eigenvalue weighted by atomic mass is 9.74. The Morgan fingerprint density at radius 1 is 1.21 bits per heavy atom. The van der Waals surface area contributed by atoms with Crippen molar-refractivity contribution < 1.29 is 23.8 Å². The number of hydrogen-bond acceptors (Lipinski definition) is 9. The van der Waals surface area contributed by atoms with Crippen LogP contribution in [0.1, 0.15) is 44.2 Å². The van der Waals surface area contributed by atoms with Crippen LogP contribution in [0.5, 0.6) is 5.88 Å². The molecule has 0 N–H and O–H groups in total. The molecule has 5 heterocycles. The van der Waals surface area contributed by atoms with E-state index in [1.54, 1.807) is 0 Å². The fraction of sp³-hybridized carbons (Fsp3) is 0.579. The molecule has 2 bridgehead atoms. The lowest BCUT2D eigenvalue weighted by Crippen LogP contribution is -2.66. The molecule has 28 heavy (non-hydrogen) atoms. The number of ether oxygens (including phenoxy) is 3. The molecule has 4 aliphatic rings. The molecule has 0 aliphatic carbocycles. The van der Waals surface area contributed by atoms with Gasteiger partial charge in [0.2, 0.25) is 5.88 Å². The number of fused-ring (bicyclic) bond motifs is 2. The van der Waals surface area contributed by atoms with Crippen molar-refractivity contribution in [3.8, 4) is 5.88 Å². The third-order valence-corrected chi connectivity index (χ3v) is 5.92. The quantitative estimate of drug-likeness (QED) is 0.405. The number of carbonyl (C=O) groups is 2. The predicted molar refractivity (Wildman–Crippen MR) is 101 cm³/mol. The van der Waals surface area contributed by atoms with Gasteiger partial charge in [0, 0.05) is 25.2 Å². The van der Waals surface area contributed by atoms with Crippen LogP contribution >= 0.6 is 11.7 Å². The van der Waals surface area contributed by atoms with E-state index < -0.39 is 23.8 Å². The third kappa shape index (κ3) is 3.44. The van der Waals surface area contributed by atoms with Crippen LogP contribution < -0.4 is 4.74 Å². The summed E-state index contributed by atoms with van der Waals surface area (Å²) in [6, 6.07) is 0. The summed E-state index contributed by atoms with van der Waals surface area (Å²) in [6.07, 6.45) is 9.93. The first-order chi connectivity index (χ1) is 13.6. The van der Waals surface area contributed by atoms with Crippen molar-refractivity contribution in [1.82, 2.24) is 13.6 Å². The second kappa shape index (κ2) is 8.00.